The van der Waals surface area contributed by atoms with Crippen molar-refractivity contribution in [1.29, 1.82) is 0 Å². The molecule has 0 aromatic carbocycles. The molecule has 2 N–H and O–H groups in total. The van der Waals surface area contributed by atoms with Gasteiger partial charge < -0.3 is 19.9 Å². The van der Waals surface area contributed by atoms with E-state index in [1.54, 1.807) is 12.5 Å². The molecule has 0 spiro atoms. The van der Waals surface area contributed by atoms with Gasteiger partial charge in [-0.25, -0.2) is 9.78 Å². The summed E-state index contributed by atoms with van der Waals surface area (Å²) < 4.78 is 7.74. The molecular weight excluding hydrogens is 294 g/mol. The van der Waals surface area contributed by atoms with Crippen molar-refractivity contribution in [3.63, 3.8) is 0 Å². The molecule has 23 heavy (non-hydrogen) atoms. The van der Waals surface area contributed by atoms with Gasteiger partial charge in [0.25, 0.3) is 0 Å². The monoisotopic (exact) mass is 323 g/mol. The lowest BCUT2D eigenvalue weighted by molar-refractivity contribution is -0.0778. The SMILES string of the molecule is C[C@@H]1CN([C@@H](C)CNC(=O)NCCCn2ccnc2)C[C@@H](C)O1. The van der Waals surface area contributed by atoms with Crippen LogP contribution in [0.1, 0.15) is 27.2 Å². The first-order chi connectivity index (χ1) is 11.0. The van der Waals surface area contributed by atoms with Crippen LogP contribution < -0.4 is 10.6 Å². The number of imidazole rings is 1. The van der Waals surface area contributed by atoms with E-state index >= 15 is 0 Å². The van der Waals surface area contributed by atoms with Gasteiger partial charge in [-0.1, -0.05) is 0 Å². The lowest BCUT2D eigenvalue weighted by Crippen LogP contribution is -2.53. The Hall–Kier alpha value is -1.60. The summed E-state index contributed by atoms with van der Waals surface area (Å²) in [4.78, 5) is 18.2. The number of nitrogens with one attached hydrogen (secondary N) is 2. The molecule has 2 amide bonds. The van der Waals surface area contributed by atoms with Crippen LogP contribution in [0.15, 0.2) is 18.7 Å². The number of hydrogen-bond acceptors (Lipinski definition) is 4. The molecule has 0 saturated carbocycles. The van der Waals surface area contributed by atoms with E-state index in [1.165, 1.54) is 0 Å². The topological polar surface area (TPSA) is 71.4 Å². The minimum absolute atomic E-state index is 0.100. The van der Waals surface area contributed by atoms with Crippen LogP contribution in [0.25, 0.3) is 0 Å². The molecule has 1 aliphatic rings. The van der Waals surface area contributed by atoms with Crippen molar-refractivity contribution in [2.24, 2.45) is 0 Å². The van der Waals surface area contributed by atoms with Crippen molar-refractivity contribution >= 4 is 6.03 Å². The van der Waals surface area contributed by atoms with E-state index in [2.05, 4.69) is 41.3 Å². The minimum Gasteiger partial charge on any atom is -0.373 e. The zero-order chi connectivity index (χ0) is 16.7. The Morgan fingerprint density at radius 2 is 2.09 bits per heavy atom. The van der Waals surface area contributed by atoms with E-state index in [0.717, 1.165) is 26.1 Å². The summed E-state index contributed by atoms with van der Waals surface area (Å²) in [6.07, 6.45) is 6.85. The first kappa shape index (κ1) is 17.7. The molecule has 1 aromatic rings. The van der Waals surface area contributed by atoms with Gasteiger partial charge in [0.05, 0.1) is 18.5 Å². The lowest BCUT2D eigenvalue weighted by Gasteiger charge is -2.38. The Morgan fingerprint density at radius 1 is 1.35 bits per heavy atom. The number of aryl methyl sites for hydroxylation is 1. The second kappa shape index (κ2) is 8.88. The molecule has 0 aliphatic carbocycles. The fraction of sp³-hybridized carbons (Fsp3) is 0.750. The third-order valence-corrected chi connectivity index (χ3v) is 4.07. The van der Waals surface area contributed by atoms with Gasteiger partial charge in [0.15, 0.2) is 0 Å². The number of urea groups is 1. The van der Waals surface area contributed by atoms with Crippen molar-refractivity contribution in [3.8, 4) is 0 Å². The maximum atomic E-state index is 11.8. The summed E-state index contributed by atoms with van der Waals surface area (Å²) in [5, 5.41) is 5.85. The summed E-state index contributed by atoms with van der Waals surface area (Å²) in [5.41, 5.74) is 0. The summed E-state index contributed by atoms with van der Waals surface area (Å²) in [7, 11) is 0. The van der Waals surface area contributed by atoms with Crippen LogP contribution in [0.3, 0.4) is 0 Å². The summed E-state index contributed by atoms with van der Waals surface area (Å²) >= 11 is 0. The Labute approximate surface area is 138 Å². The largest absolute Gasteiger partial charge is 0.373 e. The molecule has 0 bridgehead atoms. The second-order valence-corrected chi connectivity index (χ2v) is 6.35. The highest BCUT2D eigenvalue weighted by molar-refractivity contribution is 5.73. The molecule has 1 fully saturated rings. The Balaban J connectivity index is 1.58. The van der Waals surface area contributed by atoms with Crippen molar-refractivity contribution in [1.82, 2.24) is 25.1 Å². The van der Waals surface area contributed by atoms with E-state index in [9.17, 15) is 4.79 Å². The molecule has 2 heterocycles. The van der Waals surface area contributed by atoms with Crippen molar-refractivity contribution in [3.05, 3.63) is 18.7 Å². The third kappa shape index (κ3) is 6.19. The number of rotatable bonds is 7. The van der Waals surface area contributed by atoms with Crippen molar-refractivity contribution in [2.75, 3.05) is 26.2 Å². The van der Waals surface area contributed by atoms with Gasteiger partial charge in [-0.2, -0.15) is 0 Å². The first-order valence-corrected chi connectivity index (χ1v) is 8.41. The number of aromatic nitrogens is 2. The quantitative estimate of drug-likeness (QED) is 0.736. The molecule has 1 aromatic heterocycles. The van der Waals surface area contributed by atoms with Crippen LogP contribution in [-0.4, -0.2) is 64.9 Å². The molecule has 1 aliphatic heterocycles. The standard InChI is InChI=1S/C16H29N5O2/c1-13(21-10-14(2)23-15(3)11-21)9-19-16(22)18-5-4-7-20-8-6-17-12-20/h6,8,12-15H,4-5,7,9-11H2,1-3H3,(H2,18,19,22)/t13-,14+,15+/m0/s1. The molecule has 2 rings (SSSR count). The third-order valence-electron chi connectivity index (χ3n) is 4.07. The number of ether oxygens (including phenoxy) is 1. The fourth-order valence-electron chi connectivity index (χ4n) is 2.89. The first-order valence-electron chi connectivity index (χ1n) is 8.41. The Bertz CT molecular complexity index is 455. The van der Waals surface area contributed by atoms with Gasteiger partial charge in [-0.05, 0) is 27.2 Å². The van der Waals surface area contributed by atoms with Crippen molar-refractivity contribution < 1.29 is 9.53 Å². The van der Waals surface area contributed by atoms with Gasteiger partial charge >= 0.3 is 6.03 Å². The maximum Gasteiger partial charge on any atom is 0.314 e. The normalized spacial score (nSPS) is 23.4. The summed E-state index contributed by atoms with van der Waals surface area (Å²) in [6, 6.07) is 0.206. The van der Waals surface area contributed by atoms with Gasteiger partial charge in [0.2, 0.25) is 0 Å². The number of hydrogen-bond donors (Lipinski definition) is 2. The van der Waals surface area contributed by atoms with Crippen LogP contribution in [-0.2, 0) is 11.3 Å². The highest BCUT2D eigenvalue weighted by atomic mass is 16.5. The molecule has 130 valence electrons. The van der Waals surface area contributed by atoms with Crippen LogP contribution in [0, 0.1) is 0 Å². The zero-order valence-corrected chi connectivity index (χ0v) is 14.4. The highest BCUT2D eigenvalue weighted by Crippen LogP contribution is 2.13. The van der Waals surface area contributed by atoms with Gasteiger partial charge in [0, 0.05) is 51.2 Å². The van der Waals surface area contributed by atoms with E-state index in [4.69, 9.17) is 4.74 Å². The molecule has 1 saturated heterocycles. The maximum absolute atomic E-state index is 11.8. The summed E-state index contributed by atoms with van der Waals surface area (Å²) in [6.45, 7) is 10.3. The zero-order valence-electron chi connectivity index (χ0n) is 14.4. The minimum atomic E-state index is -0.100. The second-order valence-electron chi connectivity index (χ2n) is 6.35. The molecule has 3 atom stereocenters. The van der Waals surface area contributed by atoms with Crippen molar-refractivity contribution in [2.45, 2.75) is 52.0 Å². The van der Waals surface area contributed by atoms with E-state index in [0.29, 0.717) is 19.1 Å². The number of carbonyl (C=O) groups excluding carboxylic acids is 1. The van der Waals surface area contributed by atoms with Crippen LogP contribution >= 0.6 is 0 Å². The van der Waals surface area contributed by atoms with E-state index < -0.39 is 0 Å². The Morgan fingerprint density at radius 3 is 2.74 bits per heavy atom. The molecule has 0 radical (unpaired) electrons. The van der Waals surface area contributed by atoms with Gasteiger partial charge in [-0.15, -0.1) is 0 Å². The number of nitrogens with zero attached hydrogens (tertiary/aromatic N) is 3. The van der Waals surface area contributed by atoms with Gasteiger partial charge in [0.1, 0.15) is 0 Å². The predicted molar refractivity (Wildman–Crippen MR) is 89.3 cm³/mol. The van der Waals surface area contributed by atoms with Gasteiger partial charge in [-0.3, -0.25) is 4.90 Å². The average Bonchev–Trinajstić information content (AvgIpc) is 3.01. The van der Waals surface area contributed by atoms with Crippen LogP contribution in [0.5, 0.6) is 0 Å². The summed E-state index contributed by atoms with van der Waals surface area (Å²) in [5.74, 6) is 0. The number of amides is 2. The molecule has 0 unspecified atom stereocenters. The van der Waals surface area contributed by atoms with Crippen LogP contribution in [0.4, 0.5) is 4.79 Å². The smallest absolute Gasteiger partial charge is 0.314 e. The van der Waals surface area contributed by atoms with E-state index in [-0.39, 0.29) is 18.2 Å². The average molecular weight is 323 g/mol. The van der Waals surface area contributed by atoms with E-state index in [1.807, 2.05) is 10.8 Å². The number of morpholine rings is 1. The molecular formula is C16H29N5O2. The predicted octanol–water partition coefficient (Wildman–Crippen LogP) is 1.07. The number of carbonyl (C=O) groups is 1. The molecule has 7 heteroatoms. The Kier molecular flexibility index (Phi) is 6.85. The highest BCUT2D eigenvalue weighted by Gasteiger charge is 2.25. The fourth-order valence-corrected chi connectivity index (χ4v) is 2.89. The molecule has 7 nitrogen and oxygen atoms in total. The van der Waals surface area contributed by atoms with Crippen LogP contribution in [0.2, 0.25) is 0 Å². The lowest BCUT2D eigenvalue weighted by atomic mass is 10.2.